The van der Waals surface area contributed by atoms with Crippen molar-refractivity contribution in [3.8, 4) is 11.5 Å². The van der Waals surface area contributed by atoms with Crippen LogP contribution in [0.2, 0.25) is 0 Å². The van der Waals surface area contributed by atoms with Gasteiger partial charge < -0.3 is 20.1 Å². The van der Waals surface area contributed by atoms with Crippen LogP contribution in [0.3, 0.4) is 0 Å². The molecule has 0 spiro atoms. The molecule has 6 heteroatoms. The summed E-state index contributed by atoms with van der Waals surface area (Å²) in [5.74, 6) is 1.46. The number of fused-ring (bicyclic) bond motifs is 2. The number of benzene rings is 2. The van der Waals surface area contributed by atoms with Crippen LogP contribution in [0, 0.1) is 0 Å². The van der Waals surface area contributed by atoms with Crippen LogP contribution in [-0.4, -0.2) is 36.2 Å². The molecule has 158 valence electrons. The summed E-state index contributed by atoms with van der Waals surface area (Å²) in [6.07, 6.45) is 2.83. The molecule has 0 amide bonds. The minimum Gasteiger partial charge on any atom is -0.493 e. The Balaban J connectivity index is 1.38. The molecule has 1 aliphatic heterocycles. The number of hydrogen-bond acceptors (Lipinski definition) is 5. The van der Waals surface area contributed by atoms with Crippen LogP contribution in [0.25, 0.3) is 10.1 Å². The molecule has 0 saturated heterocycles. The largest absolute Gasteiger partial charge is 0.493 e. The van der Waals surface area contributed by atoms with Crippen LogP contribution in [-0.2, 0) is 13.0 Å². The van der Waals surface area contributed by atoms with Gasteiger partial charge in [-0.3, -0.25) is 0 Å². The van der Waals surface area contributed by atoms with Crippen molar-refractivity contribution in [3.63, 3.8) is 0 Å². The van der Waals surface area contributed by atoms with Gasteiger partial charge in [0, 0.05) is 28.9 Å². The third-order valence-electron chi connectivity index (χ3n) is 5.97. The van der Waals surface area contributed by atoms with Crippen LogP contribution in [0.1, 0.15) is 36.5 Å². The number of ether oxygens (including phenoxy) is 2. The fourth-order valence-corrected chi connectivity index (χ4v) is 5.38. The minimum atomic E-state index is -0.247. The number of aryl methyl sites for hydroxylation is 1. The molecular formula is C24H28N2O2S2. The van der Waals surface area contributed by atoms with Gasteiger partial charge in [0.25, 0.3) is 0 Å². The molecule has 2 N–H and O–H groups in total. The van der Waals surface area contributed by atoms with E-state index in [1.165, 1.54) is 21.2 Å². The van der Waals surface area contributed by atoms with Crippen molar-refractivity contribution in [3.05, 3.63) is 58.5 Å². The van der Waals surface area contributed by atoms with Crippen molar-refractivity contribution < 1.29 is 9.47 Å². The molecule has 2 heterocycles. The predicted molar refractivity (Wildman–Crippen MR) is 129 cm³/mol. The van der Waals surface area contributed by atoms with Gasteiger partial charge in [0.1, 0.15) is 4.99 Å². The topological polar surface area (TPSA) is 47.7 Å². The maximum atomic E-state index is 6.69. The number of nitrogens with zero attached hydrogens (tertiary/aromatic N) is 1. The van der Waals surface area contributed by atoms with Crippen molar-refractivity contribution in [2.45, 2.75) is 38.3 Å². The Morgan fingerprint density at radius 3 is 2.63 bits per heavy atom. The lowest BCUT2D eigenvalue weighted by Gasteiger charge is -2.28. The molecule has 1 atom stereocenters. The van der Waals surface area contributed by atoms with E-state index in [1.54, 1.807) is 14.2 Å². The molecule has 30 heavy (non-hydrogen) atoms. The van der Waals surface area contributed by atoms with E-state index in [0.29, 0.717) is 5.75 Å². The second-order valence-corrected chi connectivity index (χ2v) is 9.55. The molecular weight excluding hydrogens is 412 g/mol. The summed E-state index contributed by atoms with van der Waals surface area (Å²) < 4.78 is 12.2. The van der Waals surface area contributed by atoms with Gasteiger partial charge in [-0.1, -0.05) is 30.4 Å². The van der Waals surface area contributed by atoms with Crippen molar-refractivity contribution in [2.24, 2.45) is 5.73 Å². The Labute approximate surface area is 187 Å². The summed E-state index contributed by atoms with van der Waals surface area (Å²) in [4.78, 5) is 3.11. The molecule has 0 radical (unpaired) electrons. The molecule has 1 unspecified atom stereocenters. The van der Waals surface area contributed by atoms with Crippen LogP contribution in [0.15, 0.2) is 41.8 Å². The molecule has 4 nitrogen and oxygen atoms in total. The van der Waals surface area contributed by atoms with Gasteiger partial charge in [0.05, 0.1) is 14.2 Å². The second-order valence-electron chi connectivity index (χ2n) is 8.25. The van der Waals surface area contributed by atoms with Crippen molar-refractivity contribution >= 4 is 38.6 Å². The van der Waals surface area contributed by atoms with Crippen LogP contribution >= 0.6 is 23.6 Å². The SMILES string of the molecule is COc1cc2c(cc1OC)C(=S)N(CCC(C)(N)CCc1csc3ccccc13)C2. The summed E-state index contributed by atoms with van der Waals surface area (Å²) in [6.45, 7) is 3.79. The summed E-state index contributed by atoms with van der Waals surface area (Å²) in [6, 6.07) is 12.6. The quantitative estimate of drug-likeness (QED) is 0.491. The second kappa shape index (κ2) is 8.53. The molecule has 4 rings (SSSR count). The molecule has 3 aromatic rings. The lowest BCUT2D eigenvalue weighted by molar-refractivity contribution is 0.330. The molecule has 2 aromatic carbocycles. The Morgan fingerprint density at radius 1 is 1.13 bits per heavy atom. The van der Waals surface area contributed by atoms with E-state index in [1.807, 2.05) is 23.5 Å². The monoisotopic (exact) mass is 440 g/mol. The van der Waals surface area contributed by atoms with Gasteiger partial charge in [0.15, 0.2) is 11.5 Å². The summed E-state index contributed by atoms with van der Waals surface area (Å²) >= 11 is 7.55. The Morgan fingerprint density at radius 2 is 1.87 bits per heavy atom. The first-order valence-electron chi connectivity index (χ1n) is 10.2. The van der Waals surface area contributed by atoms with E-state index < -0.39 is 0 Å². The van der Waals surface area contributed by atoms with Crippen molar-refractivity contribution in [1.82, 2.24) is 4.90 Å². The highest BCUT2D eigenvalue weighted by atomic mass is 32.1. The van der Waals surface area contributed by atoms with E-state index in [-0.39, 0.29) is 5.54 Å². The molecule has 0 fully saturated rings. The normalized spacial score (nSPS) is 15.3. The van der Waals surface area contributed by atoms with E-state index in [4.69, 9.17) is 27.4 Å². The Kier molecular flexibility index (Phi) is 6.00. The first kappa shape index (κ1) is 21.1. The average molecular weight is 441 g/mol. The van der Waals surface area contributed by atoms with Crippen LogP contribution in [0.5, 0.6) is 11.5 Å². The van der Waals surface area contributed by atoms with E-state index in [0.717, 1.165) is 48.7 Å². The standard InChI is InChI=1S/C24H28N2O2S2/c1-24(25,9-8-16-15-30-22-7-5-4-6-18(16)22)10-11-26-14-17-12-20(27-2)21(28-3)13-19(17)23(26)29/h4-7,12-13,15H,8-11,14,25H2,1-3H3. The first-order valence-corrected chi connectivity index (χ1v) is 11.5. The molecule has 0 bridgehead atoms. The fourth-order valence-electron chi connectivity index (χ4n) is 4.04. The zero-order chi connectivity index (χ0) is 21.3. The molecule has 0 aliphatic carbocycles. The van der Waals surface area contributed by atoms with Crippen molar-refractivity contribution in [2.75, 3.05) is 20.8 Å². The Bertz CT molecular complexity index is 1070. The highest BCUT2D eigenvalue weighted by Crippen LogP contribution is 2.36. The number of methoxy groups -OCH3 is 2. The minimum absolute atomic E-state index is 0.247. The maximum absolute atomic E-state index is 6.69. The van der Waals surface area contributed by atoms with Crippen LogP contribution in [0.4, 0.5) is 0 Å². The number of hydrogen-bond donors (Lipinski definition) is 1. The van der Waals surface area contributed by atoms with Gasteiger partial charge in [0.2, 0.25) is 0 Å². The molecule has 1 aliphatic rings. The number of nitrogens with two attached hydrogens (primary N) is 1. The summed E-state index contributed by atoms with van der Waals surface area (Å²) in [7, 11) is 3.31. The zero-order valence-corrected chi connectivity index (χ0v) is 19.4. The summed E-state index contributed by atoms with van der Waals surface area (Å²) in [5, 5.41) is 3.63. The number of thiocarbonyl (C=S) groups is 1. The lowest BCUT2D eigenvalue weighted by Crippen LogP contribution is -2.40. The average Bonchev–Trinajstić information content (AvgIpc) is 3.30. The third-order valence-corrected chi connectivity index (χ3v) is 7.46. The van der Waals surface area contributed by atoms with Gasteiger partial charge >= 0.3 is 0 Å². The van der Waals surface area contributed by atoms with Gasteiger partial charge in [-0.05, 0) is 66.3 Å². The highest BCUT2D eigenvalue weighted by molar-refractivity contribution is 7.80. The van der Waals surface area contributed by atoms with Gasteiger partial charge in [-0.15, -0.1) is 11.3 Å². The zero-order valence-electron chi connectivity index (χ0n) is 17.7. The van der Waals surface area contributed by atoms with E-state index in [9.17, 15) is 0 Å². The predicted octanol–water partition coefficient (Wildman–Crippen LogP) is 5.15. The summed E-state index contributed by atoms with van der Waals surface area (Å²) in [5.41, 5.74) is 10.1. The van der Waals surface area contributed by atoms with E-state index in [2.05, 4.69) is 41.5 Å². The molecule has 1 aromatic heterocycles. The smallest absolute Gasteiger partial charge is 0.161 e. The fraction of sp³-hybridized carbons (Fsp3) is 0.375. The maximum Gasteiger partial charge on any atom is 0.161 e. The first-order chi connectivity index (χ1) is 14.4. The molecule has 0 saturated carbocycles. The highest BCUT2D eigenvalue weighted by Gasteiger charge is 2.28. The third kappa shape index (κ3) is 4.17. The number of thiophene rings is 1. The number of rotatable bonds is 8. The van der Waals surface area contributed by atoms with Gasteiger partial charge in [-0.2, -0.15) is 0 Å². The van der Waals surface area contributed by atoms with Crippen molar-refractivity contribution in [1.29, 1.82) is 0 Å². The lowest BCUT2D eigenvalue weighted by atomic mass is 9.91. The van der Waals surface area contributed by atoms with Gasteiger partial charge in [-0.25, -0.2) is 0 Å². The Hall–Kier alpha value is -2.15. The van der Waals surface area contributed by atoms with Crippen LogP contribution < -0.4 is 15.2 Å². The van der Waals surface area contributed by atoms with E-state index >= 15 is 0 Å².